The molecule has 1 aromatic rings. The molecule has 1 aromatic carbocycles. The Morgan fingerprint density at radius 3 is 2.65 bits per heavy atom. The zero-order valence-corrected chi connectivity index (χ0v) is 14.1. The van der Waals surface area contributed by atoms with Gasteiger partial charge in [0.2, 0.25) is 11.8 Å². The summed E-state index contributed by atoms with van der Waals surface area (Å²) in [5.74, 6) is 0.374. The van der Waals surface area contributed by atoms with Crippen molar-refractivity contribution in [1.82, 2.24) is 4.90 Å². The first-order valence-corrected chi connectivity index (χ1v) is 8.42. The molecule has 3 rings (SSSR count). The number of rotatable bonds is 5. The number of nitrogens with one attached hydrogen (secondary N) is 1. The minimum absolute atomic E-state index is 0.00620. The molecular formula is C18H25N3O2. The third kappa shape index (κ3) is 3.39. The van der Waals surface area contributed by atoms with Gasteiger partial charge in [-0.3, -0.25) is 19.4 Å². The summed E-state index contributed by atoms with van der Waals surface area (Å²) < 4.78 is 0. The number of hydrogen-bond donors (Lipinski definition) is 1. The molecule has 1 atom stereocenters. The van der Waals surface area contributed by atoms with Gasteiger partial charge in [0, 0.05) is 12.1 Å². The van der Waals surface area contributed by atoms with E-state index in [1.165, 1.54) is 12.8 Å². The van der Waals surface area contributed by atoms with Gasteiger partial charge >= 0.3 is 0 Å². The van der Waals surface area contributed by atoms with Crippen molar-refractivity contribution in [2.75, 3.05) is 23.3 Å². The maximum Gasteiger partial charge on any atom is 0.244 e. The van der Waals surface area contributed by atoms with Crippen LogP contribution in [0, 0.1) is 5.92 Å². The SMILES string of the molecule is CC(C)[C@H](C)N(CC(=O)N1CC(=O)Nc2ccccc21)C1CC1. The lowest BCUT2D eigenvalue weighted by atomic mass is 10.0. The molecule has 1 fully saturated rings. The van der Waals surface area contributed by atoms with Crippen LogP contribution in [-0.4, -0.2) is 41.9 Å². The van der Waals surface area contributed by atoms with Crippen molar-refractivity contribution in [1.29, 1.82) is 0 Å². The van der Waals surface area contributed by atoms with E-state index in [9.17, 15) is 9.59 Å². The van der Waals surface area contributed by atoms with Crippen molar-refractivity contribution in [3.63, 3.8) is 0 Å². The molecule has 1 saturated carbocycles. The highest BCUT2D eigenvalue weighted by Crippen LogP contribution is 2.32. The Morgan fingerprint density at radius 2 is 2.00 bits per heavy atom. The van der Waals surface area contributed by atoms with Gasteiger partial charge in [-0.2, -0.15) is 0 Å². The molecule has 1 N–H and O–H groups in total. The van der Waals surface area contributed by atoms with Crippen LogP contribution in [0.4, 0.5) is 11.4 Å². The van der Waals surface area contributed by atoms with Gasteiger partial charge < -0.3 is 5.32 Å². The molecule has 23 heavy (non-hydrogen) atoms. The number of nitrogens with zero attached hydrogens (tertiary/aromatic N) is 2. The van der Waals surface area contributed by atoms with E-state index in [1.807, 2.05) is 24.3 Å². The smallest absolute Gasteiger partial charge is 0.244 e. The van der Waals surface area contributed by atoms with E-state index < -0.39 is 0 Å². The summed E-state index contributed by atoms with van der Waals surface area (Å²) in [7, 11) is 0. The van der Waals surface area contributed by atoms with Crippen molar-refractivity contribution in [2.24, 2.45) is 5.92 Å². The monoisotopic (exact) mass is 315 g/mol. The van der Waals surface area contributed by atoms with E-state index in [-0.39, 0.29) is 18.4 Å². The van der Waals surface area contributed by atoms with Crippen LogP contribution in [0.15, 0.2) is 24.3 Å². The topological polar surface area (TPSA) is 52.7 Å². The second-order valence-corrected chi connectivity index (χ2v) is 6.93. The van der Waals surface area contributed by atoms with E-state index in [0.29, 0.717) is 30.2 Å². The van der Waals surface area contributed by atoms with E-state index in [2.05, 4.69) is 31.0 Å². The van der Waals surface area contributed by atoms with Crippen LogP contribution in [0.2, 0.25) is 0 Å². The van der Waals surface area contributed by atoms with E-state index in [1.54, 1.807) is 4.90 Å². The van der Waals surface area contributed by atoms with Crippen LogP contribution >= 0.6 is 0 Å². The number of carbonyl (C=O) groups excluding carboxylic acids is 2. The van der Waals surface area contributed by atoms with Crippen molar-refractivity contribution in [2.45, 2.75) is 45.7 Å². The second-order valence-electron chi connectivity index (χ2n) is 6.93. The predicted molar refractivity (Wildman–Crippen MR) is 91.5 cm³/mol. The standard InChI is InChI=1S/C18H25N3O2/c1-12(2)13(3)20(14-8-9-14)11-18(23)21-10-17(22)19-15-6-4-5-7-16(15)21/h4-7,12-14H,8-11H2,1-3H3,(H,19,22)/t13-/m0/s1. The molecule has 2 aliphatic rings. The largest absolute Gasteiger partial charge is 0.323 e. The highest BCUT2D eigenvalue weighted by atomic mass is 16.2. The first-order valence-electron chi connectivity index (χ1n) is 8.42. The average Bonchev–Trinajstić information content (AvgIpc) is 3.35. The highest BCUT2D eigenvalue weighted by Gasteiger charge is 2.36. The summed E-state index contributed by atoms with van der Waals surface area (Å²) in [5, 5.41) is 2.83. The van der Waals surface area contributed by atoms with Gasteiger partial charge in [0.05, 0.1) is 17.9 Å². The fourth-order valence-electron chi connectivity index (χ4n) is 3.09. The third-order valence-electron chi connectivity index (χ3n) is 4.89. The highest BCUT2D eigenvalue weighted by molar-refractivity contribution is 6.10. The molecule has 1 aliphatic carbocycles. The van der Waals surface area contributed by atoms with Gasteiger partial charge in [-0.1, -0.05) is 26.0 Å². The summed E-state index contributed by atoms with van der Waals surface area (Å²) in [5.41, 5.74) is 1.51. The van der Waals surface area contributed by atoms with Crippen molar-refractivity contribution < 1.29 is 9.59 Å². The quantitative estimate of drug-likeness (QED) is 0.908. The van der Waals surface area contributed by atoms with Crippen molar-refractivity contribution >= 4 is 23.2 Å². The predicted octanol–water partition coefficient (Wildman–Crippen LogP) is 2.48. The number of carbonyl (C=O) groups is 2. The molecule has 5 nitrogen and oxygen atoms in total. The van der Waals surface area contributed by atoms with Crippen LogP contribution in [0.3, 0.4) is 0 Å². The minimum Gasteiger partial charge on any atom is -0.323 e. The molecule has 0 bridgehead atoms. The summed E-state index contributed by atoms with van der Waals surface area (Å²) in [6.07, 6.45) is 2.34. The molecule has 0 saturated heterocycles. The molecule has 124 valence electrons. The Kier molecular flexibility index (Phi) is 4.39. The summed E-state index contributed by atoms with van der Waals surface area (Å²) in [6, 6.07) is 8.36. The Labute approximate surface area is 137 Å². The lowest BCUT2D eigenvalue weighted by Crippen LogP contribution is -2.49. The maximum absolute atomic E-state index is 12.9. The summed E-state index contributed by atoms with van der Waals surface area (Å²) in [4.78, 5) is 28.7. The van der Waals surface area contributed by atoms with E-state index >= 15 is 0 Å². The molecule has 0 radical (unpaired) electrons. The van der Waals surface area contributed by atoms with Gasteiger partial charge in [0.25, 0.3) is 0 Å². The molecule has 0 spiro atoms. The zero-order chi connectivity index (χ0) is 16.6. The number of fused-ring (bicyclic) bond motifs is 1. The summed E-state index contributed by atoms with van der Waals surface area (Å²) in [6.45, 7) is 7.05. The Balaban J connectivity index is 1.78. The molecule has 1 heterocycles. The van der Waals surface area contributed by atoms with Crippen LogP contribution in [0.1, 0.15) is 33.6 Å². The first kappa shape index (κ1) is 16.0. The normalized spacial score (nSPS) is 18.8. The van der Waals surface area contributed by atoms with Crippen LogP contribution < -0.4 is 10.2 Å². The van der Waals surface area contributed by atoms with E-state index in [0.717, 1.165) is 5.69 Å². The summed E-state index contributed by atoms with van der Waals surface area (Å²) >= 11 is 0. The van der Waals surface area contributed by atoms with Crippen molar-refractivity contribution in [3.05, 3.63) is 24.3 Å². The van der Waals surface area contributed by atoms with Crippen molar-refractivity contribution in [3.8, 4) is 0 Å². The van der Waals surface area contributed by atoms with Gasteiger partial charge in [0.15, 0.2) is 0 Å². The van der Waals surface area contributed by atoms with Gasteiger partial charge in [-0.15, -0.1) is 0 Å². The third-order valence-corrected chi connectivity index (χ3v) is 4.89. The van der Waals surface area contributed by atoms with E-state index in [4.69, 9.17) is 0 Å². The lowest BCUT2D eigenvalue weighted by Gasteiger charge is -2.35. The Bertz CT molecular complexity index is 610. The maximum atomic E-state index is 12.9. The zero-order valence-electron chi connectivity index (χ0n) is 14.1. The van der Waals surface area contributed by atoms with Crippen LogP contribution in [-0.2, 0) is 9.59 Å². The fraction of sp³-hybridized carbons (Fsp3) is 0.556. The lowest BCUT2D eigenvalue weighted by molar-refractivity contribution is -0.123. The number of hydrogen-bond acceptors (Lipinski definition) is 3. The number of benzene rings is 1. The first-order chi connectivity index (χ1) is 11.0. The number of para-hydroxylation sites is 2. The molecule has 0 unspecified atom stereocenters. The molecule has 0 aromatic heterocycles. The molecule has 2 amide bonds. The molecule has 5 heteroatoms. The van der Waals surface area contributed by atoms with Gasteiger partial charge in [-0.25, -0.2) is 0 Å². The molecular weight excluding hydrogens is 290 g/mol. The van der Waals surface area contributed by atoms with Crippen LogP contribution in [0.25, 0.3) is 0 Å². The molecule has 1 aliphatic heterocycles. The average molecular weight is 315 g/mol. The minimum atomic E-state index is -0.132. The number of anilines is 2. The number of amides is 2. The Hall–Kier alpha value is -1.88. The van der Waals surface area contributed by atoms with Gasteiger partial charge in [-0.05, 0) is 37.8 Å². The van der Waals surface area contributed by atoms with Crippen LogP contribution in [0.5, 0.6) is 0 Å². The van der Waals surface area contributed by atoms with Gasteiger partial charge in [0.1, 0.15) is 6.54 Å². The fourth-order valence-corrected chi connectivity index (χ4v) is 3.09. The second kappa shape index (κ2) is 6.32. The Morgan fingerprint density at radius 1 is 1.30 bits per heavy atom.